The molecular weight excluding hydrogens is 552 g/mol. The van der Waals surface area contributed by atoms with Gasteiger partial charge in [0.25, 0.3) is 0 Å². The summed E-state index contributed by atoms with van der Waals surface area (Å²) in [7, 11) is 0. The third kappa shape index (κ3) is 6.43. The monoisotopic (exact) mass is 578 g/mol. The Morgan fingerprint density at radius 2 is 0.821 bits per heavy atom. The number of carboxylic acid groups (broad SMARTS) is 3. The Kier molecular flexibility index (Phi) is 10.1. The molecule has 0 saturated carbocycles. The molecule has 15 atom stereocenters. The Morgan fingerprint density at radius 1 is 0.436 bits per heavy atom. The van der Waals surface area contributed by atoms with Crippen LogP contribution in [-0.2, 0) is 48.1 Å². The lowest BCUT2D eigenvalue weighted by atomic mass is 9.98. The van der Waals surface area contributed by atoms with E-state index in [4.69, 9.17) is 19.5 Å². The number of aliphatic hydroxyl groups is 8. The van der Waals surface area contributed by atoms with Gasteiger partial charge in [0.15, 0.2) is 36.8 Å². The van der Waals surface area contributed by atoms with Crippen molar-refractivity contribution >= 4 is 17.9 Å². The Balaban J connectivity index is 1.68. The number of aliphatic hydroxyl groups excluding tert-OH is 8. The largest absolute Gasteiger partial charge is 0.479 e. The van der Waals surface area contributed by atoms with Crippen LogP contribution in [0, 0.1) is 0 Å². The highest BCUT2D eigenvalue weighted by molar-refractivity contribution is 5.74. The molecule has 0 aromatic rings. The van der Waals surface area contributed by atoms with Gasteiger partial charge in [-0.15, -0.1) is 0 Å². The average molecular weight is 578 g/mol. The molecule has 0 aromatic carbocycles. The Labute approximate surface area is 215 Å². The molecule has 3 heterocycles. The second-order valence-corrected chi connectivity index (χ2v) is 8.56. The van der Waals surface area contributed by atoms with Gasteiger partial charge in [-0.1, -0.05) is 0 Å². The summed E-state index contributed by atoms with van der Waals surface area (Å²) >= 11 is 0. The molecule has 0 aromatic heterocycles. The van der Waals surface area contributed by atoms with Gasteiger partial charge in [0.05, 0.1) is 0 Å². The minimum Gasteiger partial charge on any atom is -0.479 e. The number of ether oxygens (including phenoxy) is 3. The van der Waals surface area contributed by atoms with Gasteiger partial charge >= 0.3 is 17.9 Å². The highest BCUT2D eigenvalue weighted by atomic mass is 17.2. The molecule has 3 unspecified atom stereocenters. The molecule has 39 heavy (non-hydrogen) atoms. The predicted molar refractivity (Wildman–Crippen MR) is 105 cm³/mol. The van der Waals surface area contributed by atoms with Gasteiger partial charge in [-0.25, -0.2) is 33.9 Å². The Bertz CT molecular complexity index is 885. The van der Waals surface area contributed by atoms with Crippen molar-refractivity contribution in [2.75, 3.05) is 0 Å². The molecule has 3 aliphatic heterocycles. The number of carbonyl (C=O) groups is 3. The normalized spacial score (nSPS) is 46.9. The summed E-state index contributed by atoms with van der Waals surface area (Å²) in [4.78, 5) is 52.9. The van der Waals surface area contributed by atoms with E-state index < -0.39 is 110 Å². The van der Waals surface area contributed by atoms with Crippen molar-refractivity contribution in [1.82, 2.24) is 0 Å². The van der Waals surface area contributed by atoms with Crippen molar-refractivity contribution in [1.29, 1.82) is 0 Å². The van der Waals surface area contributed by atoms with Crippen molar-refractivity contribution in [3.05, 3.63) is 0 Å². The first kappa shape index (κ1) is 31.3. The maximum absolute atomic E-state index is 11.7. The van der Waals surface area contributed by atoms with E-state index in [1.807, 2.05) is 0 Å². The van der Waals surface area contributed by atoms with Crippen LogP contribution < -0.4 is 0 Å². The quantitative estimate of drug-likeness (QED) is 0.0893. The molecule has 3 aliphatic rings. The zero-order valence-electron chi connectivity index (χ0n) is 19.2. The van der Waals surface area contributed by atoms with Crippen molar-refractivity contribution in [3.8, 4) is 0 Å². The molecule has 21 nitrogen and oxygen atoms in total. The van der Waals surface area contributed by atoms with Crippen LogP contribution in [0.3, 0.4) is 0 Å². The summed E-state index contributed by atoms with van der Waals surface area (Å²) in [5.74, 6) is -5.44. The average Bonchev–Trinajstić information content (AvgIpc) is 2.87. The molecule has 0 aliphatic carbocycles. The molecule has 3 fully saturated rings. The van der Waals surface area contributed by atoms with Gasteiger partial charge in [0, 0.05) is 0 Å². The van der Waals surface area contributed by atoms with Crippen molar-refractivity contribution < 1.29 is 104 Å². The third-order valence-electron chi connectivity index (χ3n) is 5.93. The summed E-state index contributed by atoms with van der Waals surface area (Å²) in [5.41, 5.74) is 0. The zero-order chi connectivity index (χ0) is 29.3. The molecule has 224 valence electrons. The standard InChI is InChI=1S/C18H26O21/c19-1-2(20)10(13(26)27)34-17(6(1)24)38-37-9-4(22)7(25)18(35-12(9)15(30)31)39-36-8-3(21)5(23)16(32)33-11(8)14(28)29/h1-12,16-25,32H,(H,26,27)(H,28,29)(H,30,31)/t1-,2-,3+,4+,5+,6+,7+,8-,9-,10?,11?,12?,16+,17-,18-/m1/s1. The Hall–Kier alpha value is -2.19. The lowest BCUT2D eigenvalue weighted by Crippen LogP contribution is -2.64. The molecular formula is C18H26O21. The topological polar surface area (TPSA) is 338 Å². The fourth-order valence-corrected chi connectivity index (χ4v) is 3.75. The summed E-state index contributed by atoms with van der Waals surface area (Å²) in [6.45, 7) is 0. The van der Waals surface area contributed by atoms with Gasteiger partial charge in [-0.05, 0) is 0 Å². The first-order valence-corrected chi connectivity index (χ1v) is 10.9. The summed E-state index contributed by atoms with van der Waals surface area (Å²) in [6.07, 6.45) is -32.3. The highest BCUT2D eigenvalue weighted by Crippen LogP contribution is 2.30. The van der Waals surface area contributed by atoms with Crippen LogP contribution in [0.4, 0.5) is 0 Å². The minimum absolute atomic E-state index is 1.78. The summed E-state index contributed by atoms with van der Waals surface area (Å²) in [6, 6.07) is 0. The minimum atomic E-state index is -2.28. The van der Waals surface area contributed by atoms with Crippen LogP contribution in [0.2, 0.25) is 0 Å². The molecule has 21 heteroatoms. The van der Waals surface area contributed by atoms with Crippen molar-refractivity contribution in [2.24, 2.45) is 0 Å². The molecule has 11 N–H and O–H groups in total. The number of hydrogen-bond donors (Lipinski definition) is 11. The van der Waals surface area contributed by atoms with E-state index in [1.165, 1.54) is 0 Å². The van der Waals surface area contributed by atoms with Crippen LogP contribution in [-0.4, -0.2) is 166 Å². The summed E-state index contributed by atoms with van der Waals surface area (Å²) in [5, 5.41) is 107. The van der Waals surface area contributed by atoms with Gasteiger partial charge in [0.1, 0.15) is 42.7 Å². The zero-order valence-corrected chi connectivity index (χ0v) is 19.2. The van der Waals surface area contributed by atoms with Gasteiger partial charge in [-0.3, -0.25) is 0 Å². The van der Waals surface area contributed by atoms with E-state index in [1.54, 1.807) is 0 Å². The van der Waals surface area contributed by atoms with Crippen molar-refractivity contribution in [3.63, 3.8) is 0 Å². The maximum Gasteiger partial charge on any atom is 0.335 e. The van der Waals surface area contributed by atoms with Crippen LogP contribution in [0.25, 0.3) is 0 Å². The highest BCUT2D eigenvalue weighted by Gasteiger charge is 2.54. The Morgan fingerprint density at radius 3 is 1.28 bits per heavy atom. The molecule has 0 radical (unpaired) electrons. The van der Waals surface area contributed by atoms with Crippen LogP contribution in [0.15, 0.2) is 0 Å². The summed E-state index contributed by atoms with van der Waals surface area (Å²) < 4.78 is 14.3. The second-order valence-electron chi connectivity index (χ2n) is 8.56. The van der Waals surface area contributed by atoms with Crippen LogP contribution >= 0.6 is 0 Å². The van der Waals surface area contributed by atoms with E-state index in [0.717, 1.165) is 0 Å². The maximum atomic E-state index is 11.7. The third-order valence-corrected chi connectivity index (χ3v) is 5.93. The molecule has 3 saturated heterocycles. The lowest BCUT2D eigenvalue weighted by Gasteiger charge is -2.42. The van der Waals surface area contributed by atoms with E-state index in [0.29, 0.717) is 0 Å². The van der Waals surface area contributed by atoms with Gasteiger partial charge in [0.2, 0.25) is 12.6 Å². The van der Waals surface area contributed by atoms with E-state index >= 15 is 0 Å². The lowest BCUT2D eigenvalue weighted by molar-refractivity contribution is -0.485. The van der Waals surface area contributed by atoms with Crippen LogP contribution in [0.1, 0.15) is 0 Å². The smallest absolute Gasteiger partial charge is 0.335 e. The molecule has 0 spiro atoms. The van der Waals surface area contributed by atoms with Crippen molar-refractivity contribution in [2.45, 2.75) is 92.1 Å². The van der Waals surface area contributed by atoms with Crippen LogP contribution in [0.5, 0.6) is 0 Å². The predicted octanol–water partition coefficient (Wildman–Crippen LogP) is -7.43. The number of hydrogen-bond acceptors (Lipinski definition) is 18. The first-order chi connectivity index (χ1) is 18.2. The van der Waals surface area contributed by atoms with E-state index in [2.05, 4.69) is 19.4 Å². The fourth-order valence-electron chi connectivity index (χ4n) is 3.75. The number of rotatable bonds is 9. The SMILES string of the molecule is O=C(O)C1O[C@H](OO[C@H]2C(C(=O)O)O[C@H](OO[C@H]3C(C(=O)O)O[C@H](O)[C@@H](O)[C@@H]3O)[C@@H](O)[C@@H]2O)[C@@H](O)[C@H](O)[C@H]1O. The molecule has 3 rings (SSSR count). The fraction of sp³-hybridized carbons (Fsp3) is 0.833. The second kappa shape index (κ2) is 12.5. The molecule has 0 amide bonds. The van der Waals surface area contributed by atoms with Gasteiger partial charge < -0.3 is 70.4 Å². The van der Waals surface area contributed by atoms with Gasteiger partial charge in [-0.2, -0.15) is 0 Å². The van der Waals surface area contributed by atoms with E-state index in [9.17, 15) is 65.4 Å². The first-order valence-electron chi connectivity index (χ1n) is 10.9. The molecule has 0 bridgehead atoms. The number of aliphatic carboxylic acids is 3. The number of carboxylic acids is 3. The van der Waals surface area contributed by atoms with E-state index in [-0.39, 0.29) is 0 Å².